The quantitative estimate of drug-likeness (QED) is 0.760. The van der Waals surface area contributed by atoms with Gasteiger partial charge >= 0.3 is 5.97 Å². The highest BCUT2D eigenvalue weighted by Crippen LogP contribution is 2.28. The molecule has 1 aromatic heterocycles. The number of carbonyl (C=O) groups is 1. The summed E-state index contributed by atoms with van der Waals surface area (Å²) in [5.74, 6) is -0.247. The summed E-state index contributed by atoms with van der Waals surface area (Å²) in [4.78, 5) is 18.9. The molecule has 1 fully saturated rings. The van der Waals surface area contributed by atoms with Crippen molar-refractivity contribution in [2.75, 3.05) is 24.6 Å². The third kappa shape index (κ3) is 2.19. The summed E-state index contributed by atoms with van der Waals surface area (Å²) in [6.45, 7) is 6.19. The second kappa shape index (κ2) is 4.82. The lowest BCUT2D eigenvalue weighted by atomic mass is 10.4. The average molecular weight is 240 g/mol. The molecule has 16 heavy (non-hydrogen) atoms. The Hall–Kier alpha value is -1.10. The van der Waals surface area contributed by atoms with Gasteiger partial charge in [0.05, 0.1) is 12.3 Å². The highest BCUT2D eigenvalue weighted by Gasteiger charge is 2.21. The fourth-order valence-corrected chi connectivity index (χ4v) is 2.82. The van der Waals surface area contributed by atoms with Crippen molar-refractivity contribution in [3.63, 3.8) is 0 Å². The van der Waals surface area contributed by atoms with Gasteiger partial charge in [0, 0.05) is 13.1 Å². The molecule has 2 heterocycles. The number of esters is 1. The van der Waals surface area contributed by atoms with Crippen LogP contribution in [0.4, 0.5) is 5.13 Å². The fourth-order valence-electron chi connectivity index (χ4n) is 1.81. The summed E-state index contributed by atoms with van der Waals surface area (Å²) in [5.41, 5.74) is 0.783. The summed E-state index contributed by atoms with van der Waals surface area (Å²) in [6.07, 6.45) is 2.43. The van der Waals surface area contributed by atoms with Crippen LogP contribution in [0.25, 0.3) is 0 Å². The topological polar surface area (TPSA) is 42.4 Å². The Balaban J connectivity index is 2.17. The Kier molecular flexibility index (Phi) is 3.43. The van der Waals surface area contributed by atoms with E-state index in [1.54, 1.807) is 0 Å². The van der Waals surface area contributed by atoms with E-state index in [-0.39, 0.29) is 5.97 Å². The van der Waals surface area contributed by atoms with Crippen molar-refractivity contribution in [2.45, 2.75) is 26.7 Å². The molecule has 5 heteroatoms. The maximum Gasteiger partial charge on any atom is 0.350 e. The molecule has 0 radical (unpaired) electrons. The van der Waals surface area contributed by atoms with Gasteiger partial charge in [0.25, 0.3) is 0 Å². The lowest BCUT2D eigenvalue weighted by molar-refractivity contribution is 0.0531. The molecule has 0 aromatic carbocycles. The summed E-state index contributed by atoms with van der Waals surface area (Å²) < 4.78 is 5.00. The molecular weight excluding hydrogens is 224 g/mol. The molecule has 1 aliphatic heterocycles. The van der Waals surface area contributed by atoms with Crippen LogP contribution in [0.15, 0.2) is 0 Å². The van der Waals surface area contributed by atoms with Crippen LogP contribution in [0.2, 0.25) is 0 Å². The molecule has 0 unspecified atom stereocenters. The van der Waals surface area contributed by atoms with Gasteiger partial charge in [-0.25, -0.2) is 9.78 Å². The van der Waals surface area contributed by atoms with Crippen molar-refractivity contribution in [1.82, 2.24) is 4.98 Å². The van der Waals surface area contributed by atoms with Gasteiger partial charge in [0.2, 0.25) is 0 Å². The van der Waals surface area contributed by atoms with E-state index in [1.165, 1.54) is 24.2 Å². The van der Waals surface area contributed by atoms with Gasteiger partial charge in [-0.1, -0.05) is 11.3 Å². The van der Waals surface area contributed by atoms with Crippen LogP contribution < -0.4 is 4.90 Å². The van der Waals surface area contributed by atoms with Crippen LogP contribution in [0.1, 0.15) is 35.1 Å². The lowest BCUT2D eigenvalue weighted by Crippen LogP contribution is -2.17. The van der Waals surface area contributed by atoms with Gasteiger partial charge in [-0.2, -0.15) is 0 Å². The van der Waals surface area contributed by atoms with E-state index in [9.17, 15) is 4.79 Å². The number of rotatable bonds is 3. The molecule has 0 saturated carbocycles. The first-order chi connectivity index (χ1) is 7.72. The van der Waals surface area contributed by atoms with Crippen LogP contribution in [-0.2, 0) is 4.74 Å². The van der Waals surface area contributed by atoms with Crippen LogP contribution >= 0.6 is 11.3 Å². The average Bonchev–Trinajstić information content (AvgIpc) is 2.86. The predicted octanol–water partition coefficient (Wildman–Crippen LogP) is 2.23. The number of nitrogens with zero attached hydrogens (tertiary/aromatic N) is 2. The number of aromatic nitrogens is 1. The first-order valence-corrected chi connectivity index (χ1v) is 6.43. The molecule has 0 spiro atoms. The summed E-state index contributed by atoms with van der Waals surface area (Å²) in [7, 11) is 0. The van der Waals surface area contributed by atoms with Crippen molar-refractivity contribution < 1.29 is 9.53 Å². The Morgan fingerprint density at radius 2 is 2.19 bits per heavy atom. The third-order valence-corrected chi connectivity index (χ3v) is 3.82. The molecule has 0 amide bonds. The highest BCUT2D eigenvalue weighted by molar-refractivity contribution is 7.17. The summed E-state index contributed by atoms with van der Waals surface area (Å²) in [6, 6.07) is 0. The Morgan fingerprint density at radius 3 is 2.81 bits per heavy atom. The van der Waals surface area contributed by atoms with E-state index in [0.29, 0.717) is 11.5 Å². The zero-order chi connectivity index (χ0) is 11.5. The molecule has 0 atom stereocenters. The fraction of sp³-hybridized carbons (Fsp3) is 0.636. The van der Waals surface area contributed by atoms with E-state index in [1.807, 2.05) is 13.8 Å². The maximum absolute atomic E-state index is 11.6. The SMILES string of the molecule is CCOC(=O)c1sc(N2CCCC2)nc1C. The summed E-state index contributed by atoms with van der Waals surface area (Å²) in [5, 5.41) is 0.957. The van der Waals surface area contributed by atoms with Crippen molar-refractivity contribution in [3.05, 3.63) is 10.6 Å². The number of aryl methyl sites for hydroxylation is 1. The predicted molar refractivity (Wildman–Crippen MR) is 64.3 cm³/mol. The molecule has 0 N–H and O–H groups in total. The summed E-state index contributed by atoms with van der Waals surface area (Å²) >= 11 is 1.45. The van der Waals surface area contributed by atoms with E-state index in [2.05, 4.69) is 9.88 Å². The number of ether oxygens (including phenoxy) is 1. The molecule has 88 valence electrons. The third-order valence-electron chi connectivity index (χ3n) is 2.62. The molecule has 1 aromatic rings. The van der Waals surface area contributed by atoms with Crippen molar-refractivity contribution in [1.29, 1.82) is 0 Å². The maximum atomic E-state index is 11.6. The highest BCUT2D eigenvalue weighted by atomic mass is 32.1. The second-order valence-electron chi connectivity index (χ2n) is 3.83. The van der Waals surface area contributed by atoms with Crippen LogP contribution in [-0.4, -0.2) is 30.6 Å². The zero-order valence-electron chi connectivity index (χ0n) is 9.65. The first kappa shape index (κ1) is 11.4. The molecule has 0 aliphatic carbocycles. The zero-order valence-corrected chi connectivity index (χ0v) is 10.5. The standard InChI is InChI=1S/C11H16N2O2S/c1-3-15-10(14)9-8(2)12-11(16-9)13-6-4-5-7-13/h3-7H2,1-2H3. The number of thiazole rings is 1. The smallest absolute Gasteiger partial charge is 0.350 e. The number of hydrogen-bond donors (Lipinski definition) is 0. The van der Waals surface area contributed by atoms with E-state index >= 15 is 0 Å². The van der Waals surface area contributed by atoms with E-state index in [0.717, 1.165) is 23.9 Å². The van der Waals surface area contributed by atoms with E-state index in [4.69, 9.17) is 4.74 Å². The molecule has 4 nitrogen and oxygen atoms in total. The number of anilines is 1. The Bertz CT molecular complexity index is 383. The van der Waals surface area contributed by atoms with Crippen LogP contribution in [0.5, 0.6) is 0 Å². The molecule has 2 rings (SSSR count). The number of hydrogen-bond acceptors (Lipinski definition) is 5. The monoisotopic (exact) mass is 240 g/mol. The van der Waals surface area contributed by atoms with Crippen LogP contribution in [0.3, 0.4) is 0 Å². The van der Waals surface area contributed by atoms with Crippen LogP contribution in [0, 0.1) is 6.92 Å². The van der Waals surface area contributed by atoms with Gasteiger partial charge in [0.1, 0.15) is 4.88 Å². The van der Waals surface area contributed by atoms with Gasteiger partial charge in [-0.3, -0.25) is 0 Å². The Labute approximate surface area is 99.2 Å². The minimum absolute atomic E-state index is 0.247. The molecular formula is C11H16N2O2S. The Morgan fingerprint density at radius 1 is 1.50 bits per heavy atom. The van der Waals surface area contributed by atoms with Gasteiger partial charge in [-0.05, 0) is 26.7 Å². The second-order valence-corrected chi connectivity index (χ2v) is 4.80. The number of carbonyl (C=O) groups excluding carboxylic acids is 1. The molecule has 0 bridgehead atoms. The normalized spacial score (nSPS) is 15.5. The minimum Gasteiger partial charge on any atom is -0.462 e. The van der Waals surface area contributed by atoms with Gasteiger partial charge < -0.3 is 9.64 Å². The van der Waals surface area contributed by atoms with Crippen molar-refractivity contribution in [2.24, 2.45) is 0 Å². The lowest BCUT2D eigenvalue weighted by Gasteiger charge is -2.11. The first-order valence-electron chi connectivity index (χ1n) is 5.62. The minimum atomic E-state index is -0.247. The largest absolute Gasteiger partial charge is 0.462 e. The van der Waals surface area contributed by atoms with E-state index < -0.39 is 0 Å². The van der Waals surface area contributed by atoms with Gasteiger partial charge in [-0.15, -0.1) is 0 Å². The molecule has 1 aliphatic rings. The van der Waals surface area contributed by atoms with Gasteiger partial charge in [0.15, 0.2) is 5.13 Å². The van der Waals surface area contributed by atoms with Crippen molar-refractivity contribution in [3.8, 4) is 0 Å². The molecule has 1 saturated heterocycles. The van der Waals surface area contributed by atoms with Crippen molar-refractivity contribution >= 4 is 22.4 Å².